The molecule has 24 heavy (non-hydrogen) atoms. The molecular formula is C17H20ClN3O3. The van der Waals surface area contributed by atoms with Crippen LogP contribution in [0.25, 0.3) is 0 Å². The fourth-order valence-corrected chi connectivity index (χ4v) is 2.97. The highest BCUT2D eigenvalue weighted by molar-refractivity contribution is 6.30. The summed E-state index contributed by atoms with van der Waals surface area (Å²) in [7, 11) is 0. The molecule has 128 valence electrons. The zero-order chi connectivity index (χ0) is 17.4. The molecule has 1 aliphatic carbocycles. The van der Waals surface area contributed by atoms with Crippen LogP contribution in [0.2, 0.25) is 5.02 Å². The van der Waals surface area contributed by atoms with Gasteiger partial charge in [-0.1, -0.05) is 23.7 Å². The Hall–Kier alpha value is -2.26. The summed E-state index contributed by atoms with van der Waals surface area (Å²) < 4.78 is 5.19. The molecule has 1 saturated carbocycles. The van der Waals surface area contributed by atoms with E-state index in [1.54, 1.807) is 18.2 Å². The van der Waals surface area contributed by atoms with Gasteiger partial charge in [-0.3, -0.25) is 4.79 Å². The van der Waals surface area contributed by atoms with Crippen LogP contribution in [0, 0.1) is 17.2 Å². The lowest BCUT2D eigenvalue weighted by Crippen LogP contribution is -2.41. The van der Waals surface area contributed by atoms with Gasteiger partial charge >= 0.3 is 6.09 Å². The van der Waals surface area contributed by atoms with E-state index in [1.165, 1.54) is 0 Å². The number of carbonyl (C=O) groups excluding carboxylic acids is 2. The summed E-state index contributed by atoms with van der Waals surface area (Å²) in [6.45, 7) is 0.200. The quantitative estimate of drug-likeness (QED) is 0.799. The number of alkyl carbamates (subject to hydrolysis) is 1. The number of amides is 2. The van der Waals surface area contributed by atoms with E-state index in [0.29, 0.717) is 17.9 Å². The fourth-order valence-electron chi connectivity index (χ4n) is 2.75. The highest BCUT2D eigenvalue weighted by atomic mass is 35.5. The summed E-state index contributed by atoms with van der Waals surface area (Å²) in [4.78, 5) is 23.6. The number of nitriles is 1. The Balaban J connectivity index is 1.69. The van der Waals surface area contributed by atoms with Gasteiger partial charge in [0, 0.05) is 17.0 Å². The molecular weight excluding hydrogens is 330 g/mol. The topological polar surface area (TPSA) is 91.2 Å². The predicted molar refractivity (Wildman–Crippen MR) is 89.1 cm³/mol. The standard InChI is InChI=1S/C17H20ClN3O3/c18-14-3-1-2-12(10-14)11-24-17(23)21-15-6-4-13(5-7-15)16(22)20-9-8-19/h1-3,10,13,15H,4-7,9,11H2,(H,20,22)(H,21,23). The number of rotatable bonds is 5. The molecule has 1 aromatic rings. The van der Waals surface area contributed by atoms with E-state index in [-0.39, 0.29) is 31.0 Å². The minimum absolute atomic E-state index is 0.0110. The predicted octanol–water partition coefficient (Wildman–Crippen LogP) is 2.76. The van der Waals surface area contributed by atoms with Crippen molar-refractivity contribution in [1.29, 1.82) is 5.26 Å². The van der Waals surface area contributed by atoms with Crippen molar-refractivity contribution in [3.63, 3.8) is 0 Å². The first-order valence-corrected chi connectivity index (χ1v) is 8.28. The van der Waals surface area contributed by atoms with Gasteiger partial charge in [0.2, 0.25) is 5.91 Å². The molecule has 0 radical (unpaired) electrons. The molecule has 6 nitrogen and oxygen atoms in total. The summed E-state index contributed by atoms with van der Waals surface area (Å²) in [6.07, 6.45) is 2.35. The first-order chi connectivity index (χ1) is 11.6. The molecule has 0 saturated heterocycles. The van der Waals surface area contributed by atoms with E-state index >= 15 is 0 Å². The van der Waals surface area contributed by atoms with Gasteiger partial charge in [-0.15, -0.1) is 0 Å². The van der Waals surface area contributed by atoms with Gasteiger partial charge in [0.25, 0.3) is 0 Å². The third-order valence-corrected chi connectivity index (χ3v) is 4.26. The normalized spacial score (nSPS) is 19.8. The van der Waals surface area contributed by atoms with Crippen molar-refractivity contribution >= 4 is 23.6 Å². The van der Waals surface area contributed by atoms with Crippen LogP contribution < -0.4 is 10.6 Å². The van der Waals surface area contributed by atoms with Crippen molar-refractivity contribution in [1.82, 2.24) is 10.6 Å². The third-order valence-electron chi connectivity index (χ3n) is 4.02. The molecule has 2 rings (SSSR count). The van der Waals surface area contributed by atoms with Crippen molar-refractivity contribution in [2.75, 3.05) is 6.54 Å². The molecule has 0 spiro atoms. The monoisotopic (exact) mass is 349 g/mol. The summed E-state index contributed by atoms with van der Waals surface area (Å²) in [5, 5.41) is 14.5. The molecule has 1 fully saturated rings. The van der Waals surface area contributed by atoms with Crippen LogP contribution in [0.4, 0.5) is 4.79 Å². The maximum atomic E-state index is 11.8. The van der Waals surface area contributed by atoms with Gasteiger partial charge in [0.05, 0.1) is 6.07 Å². The Kier molecular flexibility index (Phi) is 6.89. The summed E-state index contributed by atoms with van der Waals surface area (Å²) in [5.41, 5.74) is 0.829. The molecule has 7 heteroatoms. The molecule has 2 N–H and O–H groups in total. The molecule has 2 amide bonds. The summed E-state index contributed by atoms with van der Waals surface area (Å²) in [6, 6.07) is 9.05. The van der Waals surface area contributed by atoms with Crippen molar-refractivity contribution in [2.24, 2.45) is 5.92 Å². The average Bonchev–Trinajstić information content (AvgIpc) is 2.58. The Morgan fingerprint density at radius 3 is 2.71 bits per heavy atom. The number of halogens is 1. The van der Waals surface area contributed by atoms with Crippen LogP contribution in [0.15, 0.2) is 24.3 Å². The van der Waals surface area contributed by atoms with E-state index in [4.69, 9.17) is 21.6 Å². The highest BCUT2D eigenvalue weighted by Gasteiger charge is 2.27. The largest absolute Gasteiger partial charge is 0.445 e. The number of nitrogens with one attached hydrogen (secondary N) is 2. The number of nitrogens with zero attached hydrogens (tertiary/aromatic N) is 1. The molecule has 0 aromatic heterocycles. The molecule has 0 bridgehead atoms. The van der Waals surface area contributed by atoms with Crippen molar-refractivity contribution in [2.45, 2.75) is 38.3 Å². The smallest absolute Gasteiger partial charge is 0.407 e. The Morgan fingerprint density at radius 1 is 1.29 bits per heavy atom. The van der Waals surface area contributed by atoms with Crippen LogP contribution in [-0.4, -0.2) is 24.6 Å². The molecule has 0 atom stereocenters. The number of benzene rings is 1. The lowest BCUT2D eigenvalue weighted by molar-refractivity contribution is -0.125. The SMILES string of the molecule is N#CCNC(=O)C1CCC(NC(=O)OCc2cccc(Cl)c2)CC1. The van der Waals surface area contributed by atoms with Gasteiger partial charge in [-0.2, -0.15) is 5.26 Å². The number of hydrogen-bond donors (Lipinski definition) is 2. The van der Waals surface area contributed by atoms with Gasteiger partial charge < -0.3 is 15.4 Å². The maximum Gasteiger partial charge on any atom is 0.407 e. The molecule has 0 unspecified atom stereocenters. The first-order valence-electron chi connectivity index (χ1n) is 7.91. The number of ether oxygens (including phenoxy) is 1. The van der Waals surface area contributed by atoms with Gasteiger partial charge in [0.15, 0.2) is 0 Å². The minimum Gasteiger partial charge on any atom is -0.445 e. The minimum atomic E-state index is -0.465. The third kappa shape index (κ3) is 5.74. The van der Waals surface area contributed by atoms with Crippen LogP contribution in [0.1, 0.15) is 31.2 Å². The van der Waals surface area contributed by atoms with E-state index in [1.807, 2.05) is 12.1 Å². The Labute approximate surface area is 146 Å². The van der Waals surface area contributed by atoms with Crippen LogP contribution in [0.3, 0.4) is 0 Å². The zero-order valence-electron chi connectivity index (χ0n) is 13.3. The molecule has 1 aliphatic rings. The number of carbonyl (C=O) groups is 2. The zero-order valence-corrected chi connectivity index (χ0v) is 14.0. The molecule has 0 heterocycles. The van der Waals surface area contributed by atoms with E-state index in [2.05, 4.69) is 10.6 Å². The van der Waals surface area contributed by atoms with E-state index in [9.17, 15) is 9.59 Å². The number of hydrogen-bond acceptors (Lipinski definition) is 4. The van der Waals surface area contributed by atoms with Crippen LogP contribution in [0.5, 0.6) is 0 Å². The van der Waals surface area contributed by atoms with Gasteiger partial charge in [-0.05, 0) is 43.4 Å². The fraction of sp³-hybridized carbons (Fsp3) is 0.471. The Morgan fingerprint density at radius 2 is 2.04 bits per heavy atom. The maximum absolute atomic E-state index is 11.8. The van der Waals surface area contributed by atoms with Gasteiger partial charge in [0.1, 0.15) is 13.2 Å². The van der Waals surface area contributed by atoms with Crippen LogP contribution in [-0.2, 0) is 16.1 Å². The highest BCUT2D eigenvalue weighted by Crippen LogP contribution is 2.24. The second-order valence-corrected chi connectivity index (χ2v) is 6.21. The molecule has 0 aliphatic heterocycles. The van der Waals surface area contributed by atoms with E-state index in [0.717, 1.165) is 18.4 Å². The summed E-state index contributed by atoms with van der Waals surface area (Å²) >= 11 is 5.88. The van der Waals surface area contributed by atoms with Crippen molar-refractivity contribution < 1.29 is 14.3 Å². The lowest BCUT2D eigenvalue weighted by atomic mass is 9.85. The van der Waals surface area contributed by atoms with Crippen LogP contribution >= 0.6 is 11.6 Å². The molecule has 1 aromatic carbocycles. The second-order valence-electron chi connectivity index (χ2n) is 5.77. The van der Waals surface area contributed by atoms with Crippen molar-refractivity contribution in [3.05, 3.63) is 34.9 Å². The lowest BCUT2D eigenvalue weighted by Gasteiger charge is -2.27. The van der Waals surface area contributed by atoms with E-state index < -0.39 is 6.09 Å². The Bertz CT molecular complexity index is 622. The van der Waals surface area contributed by atoms with Gasteiger partial charge in [-0.25, -0.2) is 4.79 Å². The average molecular weight is 350 g/mol. The second kappa shape index (κ2) is 9.14. The van der Waals surface area contributed by atoms with Crippen molar-refractivity contribution in [3.8, 4) is 6.07 Å². The first kappa shape index (κ1) is 18.1. The summed E-state index contributed by atoms with van der Waals surface area (Å²) in [5.74, 6) is -0.169.